The van der Waals surface area contributed by atoms with E-state index in [-0.39, 0.29) is 23.7 Å². The summed E-state index contributed by atoms with van der Waals surface area (Å²) in [6.07, 6.45) is 8.19. The summed E-state index contributed by atoms with van der Waals surface area (Å²) in [6.45, 7) is 9.72. The molecule has 0 aromatic rings. The van der Waals surface area contributed by atoms with E-state index in [0.717, 1.165) is 51.4 Å². The monoisotopic (exact) mass is 340 g/mol. The second-order valence-corrected chi connectivity index (χ2v) is 7.01. The Bertz CT molecular complexity index is 324. The van der Waals surface area contributed by atoms with Crippen molar-refractivity contribution in [2.75, 3.05) is 27.2 Å². The molecule has 0 fully saturated rings. The number of hydrogen-bond acceptors (Lipinski definition) is 2. The summed E-state index contributed by atoms with van der Waals surface area (Å²) in [5, 5.41) is 0. The van der Waals surface area contributed by atoms with Crippen molar-refractivity contribution in [3.8, 4) is 0 Å². The lowest BCUT2D eigenvalue weighted by molar-refractivity contribution is -0.138. The minimum atomic E-state index is 0.129. The van der Waals surface area contributed by atoms with Gasteiger partial charge in [0.25, 0.3) is 0 Å². The van der Waals surface area contributed by atoms with Crippen LogP contribution in [0.25, 0.3) is 0 Å². The highest BCUT2D eigenvalue weighted by Gasteiger charge is 2.22. The summed E-state index contributed by atoms with van der Waals surface area (Å²) >= 11 is 0. The summed E-state index contributed by atoms with van der Waals surface area (Å²) in [4.78, 5) is 28.6. The lowest BCUT2D eigenvalue weighted by Gasteiger charge is -2.27. The number of carbonyl (C=O) groups is 2. The van der Waals surface area contributed by atoms with Crippen molar-refractivity contribution in [3.05, 3.63) is 0 Å². The van der Waals surface area contributed by atoms with Gasteiger partial charge in [0.1, 0.15) is 0 Å². The van der Waals surface area contributed by atoms with Gasteiger partial charge < -0.3 is 9.80 Å². The minimum absolute atomic E-state index is 0.129. The van der Waals surface area contributed by atoms with Gasteiger partial charge in [0.05, 0.1) is 0 Å². The number of likely N-dealkylation sites (N-methyl/N-ethyl adjacent to an activating group) is 2. The molecule has 4 heteroatoms. The van der Waals surface area contributed by atoms with Crippen molar-refractivity contribution < 1.29 is 9.59 Å². The van der Waals surface area contributed by atoms with Crippen LogP contribution in [0.4, 0.5) is 0 Å². The molecule has 0 rings (SSSR count). The first-order valence-electron chi connectivity index (χ1n) is 9.92. The van der Waals surface area contributed by atoms with Gasteiger partial charge in [0.2, 0.25) is 11.8 Å². The van der Waals surface area contributed by atoms with Crippen LogP contribution in [-0.2, 0) is 9.59 Å². The largest absolute Gasteiger partial charge is 0.344 e. The van der Waals surface area contributed by atoms with E-state index in [2.05, 4.69) is 27.7 Å². The highest BCUT2D eigenvalue weighted by atomic mass is 16.2. The number of carbonyl (C=O) groups excluding carboxylic acids is 2. The zero-order valence-corrected chi connectivity index (χ0v) is 16.9. The smallest absolute Gasteiger partial charge is 0.225 e. The summed E-state index contributed by atoms with van der Waals surface area (Å²) in [7, 11) is 3.73. The Morgan fingerprint density at radius 2 is 1.04 bits per heavy atom. The van der Waals surface area contributed by atoms with E-state index in [4.69, 9.17) is 0 Å². The van der Waals surface area contributed by atoms with Gasteiger partial charge in [-0.2, -0.15) is 0 Å². The molecule has 0 aliphatic rings. The van der Waals surface area contributed by atoms with Crippen molar-refractivity contribution in [1.29, 1.82) is 0 Å². The molecule has 2 amide bonds. The maximum Gasteiger partial charge on any atom is 0.225 e. The molecule has 0 spiro atoms. The van der Waals surface area contributed by atoms with Crippen molar-refractivity contribution in [3.63, 3.8) is 0 Å². The van der Waals surface area contributed by atoms with Crippen LogP contribution >= 0.6 is 0 Å². The molecule has 0 saturated heterocycles. The Morgan fingerprint density at radius 1 is 0.708 bits per heavy atom. The maximum absolute atomic E-state index is 12.5. The molecule has 4 nitrogen and oxygen atoms in total. The van der Waals surface area contributed by atoms with Crippen LogP contribution in [0.3, 0.4) is 0 Å². The molecule has 0 heterocycles. The molecule has 24 heavy (non-hydrogen) atoms. The number of nitrogens with zero attached hydrogens (tertiary/aromatic N) is 2. The lowest BCUT2D eigenvalue weighted by Crippen LogP contribution is -2.41. The second-order valence-electron chi connectivity index (χ2n) is 7.01. The molecular formula is C20H40N2O2. The third-order valence-electron chi connectivity index (χ3n) is 5.02. The minimum Gasteiger partial charge on any atom is -0.344 e. The normalized spacial score (nSPS) is 13.4. The predicted molar refractivity (Wildman–Crippen MR) is 102 cm³/mol. The average Bonchev–Trinajstić information content (AvgIpc) is 2.60. The first-order valence-corrected chi connectivity index (χ1v) is 9.92. The van der Waals surface area contributed by atoms with E-state index in [1.54, 1.807) is 9.80 Å². The standard InChI is InChI=1S/C20H40N2O2/c1-7-11-13-17(9-3)19(23)21(5)15-16-22(6)20(24)18(10-4)14-12-8-2/h17-18H,7-16H2,1-6H3. The summed E-state index contributed by atoms with van der Waals surface area (Å²) < 4.78 is 0. The Kier molecular flexibility index (Phi) is 12.7. The average molecular weight is 341 g/mol. The molecule has 0 radical (unpaired) electrons. The third kappa shape index (κ3) is 8.16. The first-order chi connectivity index (χ1) is 11.4. The van der Waals surface area contributed by atoms with Gasteiger partial charge in [0.15, 0.2) is 0 Å². The quantitative estimate of drug-likeness (QED) is 0.500. The summed E-state index contributed by atoms with van der Waals surface area (Å²) in [5.41, 5.74) is 0. The second kappa shape index (κ2) is 13.3. The fraction of sp³-hybridized carbons (Fsp3) is 0.900. The molecule has 0 aliphatic heterocycles. The van der Waals surface area contributed by atoms with Crippen LogP contribution in [0.1, 0.15) is 79.1 Å². The van der Waals surface area contributed by atoms with Crippen LogP contribution < -0.4 is 0 Å². The van der Waals surface area contributed by atoms with E-state index in [0.29, 0.717) is 13.1 Å². The third-order valence-corrected chi connectivity index (χ3v) is 5.02. The van der Waals surface area contributed by atoms with Crippen molar-refractivity contribution in [2.24, 2.45) is 11.8 Å². The number of rotatable bonds is 13. The SMILES string of the molecule is CCCCC(CC)C(=O)N(C)CCN(C)C(=O)C(CC)CCCC. The van der Waals surface area contributed by atoms with E-state index in [9.17, 15) is 9.59 Å². The van der Waals surface area contributed by atoms with Crippen LogP contribution in [0.5, 0.6) is 0 Å². The van der Waals surface area contributed by atoms with Crippen LogP contribution in [0, 0.1) is 11.8 Å². The van der Waals surface area contributed by atoms with Gasteiger partial charge in [-0.3, -0.25) is 9.59 Å². The molecule has 0 saturated carbocycles. The Balaban J connectivity index is 4.42. The summed E-state index contributed by atoms with van der Waals surface area (Å²) in [6, 6.07) is 0. The number of unbranched alkanes of at least 4 members (excludes halogenated alkanes) is 2. The number of hydrogen-bond donors (Lipinski definition) is 0. The van der Waals surface area contributed by atoms with E-state index in [1.165, 1.54) is 0 Å². The Morgan fingerprint density at radius 3 is 1.29 bits per heavy atom. The molecular weight excluding hydrogens is 300 g/mol. The van der Waals surface area contributed by atoms with Gasteiger partial charge >= 0.3 is 0 Å². The van der Waals surface area contributed by atoms with Gasteiger partial charge in [0, 0.05) is 39.0 Å². The Labute approximate surface area is 150 Å². The maximum atomic E-state index is 12.5. The first kappa shape index (κ1) is 22.9. The molecule has 0 N–H and O–H groups in total. The topological polar surface area (TPSA) is 40.6 Å². The fourth-order valence-corrected chi connectivity index (χ4v) is 3.05. The lowest BCUT2D eigenvalue weighted by atomic mass is 9.97. The van der Waals surface area contributed by atoms with Crippen LogP contribution in [0.2, 0.25) is 0 Å². The zero-order chi connectivity index (χ0) is 18.5. The van der Waals surface area contributed by atoms with Gasteiger partial charge in [-0.05, 0) is 25.7 Å². The van der Waals surface area contributed by atoms with E-state index in [1.807, 2.05) is 14.1 Å². The van der Waals surface area contributed by atoms with Crippen molar-refractivity contribution in [1.82, 2.24) is 9.80 Å². The zero-order valence-electron chi connectivity index (χ0n) is 16.9. The predicted octanol–water partition coefficient (Wildman–Crippen LogP) is 4.34. The van der Waals surface area contributed by atoms with Crippen LogP contribution in [0.15, 0.2) is 0 Å². The molecule has 2 atom stereocenters. The Hall–Kier alpha value is -1.06. The fourth-order valence-electron chi connectivity index (χ4n) is 3.05. The van der Waals surface area contributed by atoms with Gasteiger partial charge in [-0.15, -0.1) is 0 Å². The molecule has 0 bridgehead atoms. The van der Waals surface area contributed by atoms with E-state index < -0.39 is 0 Å². The number of amides is 2. The van der Waals surface area contributed by atoms with Gasteiger partial charge in [-0.1, -0.05) is 53.4 Å². The highest BCUT2D eigenvalue weighted by molar-refractivity contribution is 5.79. The highest BCUT2D eigenvalue weighted by Crippen LogP contribution is 2.17. The molecule has 2 unspecified atom stereocenters. The molecule has 0 aliphatic carbocycles. The molecule has 142 valence electrons. The summed E-state index contributed by atoms with van der Waals surface area (Å²) in [5.74, 6) is 0.711. The van der Waals surface area contributed by atoms with Crippen molar-refractivity contribution >= 4 is 11.8 Å². The van der Waals surface area contributed by atoms with E-state index >= 15 is 0 Å². The molecule has 0 aromatic carbocycles. The van der Waals surface area contributed by atoms with Crippen molar-refractivity contribution in [2.45, 2.75) is 79.1 Å². The molecule has 0 aromatic heterocycles. The van der Waals surface area contributed by atoms with Crippen LogP contribution in [-0.4, -0.2) is 48.8 Å². The van der Waals surface area contributed by atoms with Gasteiger partial charge in [-0.25, -0.2) is 0 Å².